The standard InChI is InChI=1S/C14H15N3O3/c1-10-7-12(17(2)16-10)9-20-13-5-3-11(15-8-13)4-6-14(18)19/h3-8H,9H2,1-2H3,(H,18,19). The minimum atomic E-state index is -1.00. The molecule has 6 nitrogen and oxygen atoms in total. The number of hydrogen-bond donors (Lipinski definition) is 1. The predicted molar refractivity (Wildman–Crippen MR) is 73.2 cm³/mol. The van der Waals surface area contributed by atoms with Crippen molar-refractivity contribution >= 4 is 12.0 Å². The molecular formula is C14H15N3O3. The highest BCUT2D eigenvalue weighted by Crippen LogP contribution is 2.13. The van der Waals surface area contributed by atoms with Crippen LogP contribution in [0.15, 0.2) is 30.5 Å². The highest BCUT2D eigenvalue weighted by molar-refractivity contribution is 5.84. The van der Waals surface area contributed by atoms with Gasteiger partial charge in [0, 0.05) is 13.1 Å². The van der Waals surface area contributed by atoms with Crippen LogP contribution in [0.5, 0.6) is 5.75 Å². The maximum Gasteiger partial charge on any atom is 0.328 e. The lowest BCUT2D eigenvalue weighted by molar-refractivity contribution is -0.131. The van der Waals surface area contributed by atoms with E-state index in [1.807, 2.05) is 20.0 Å². The van der Waals surface area contributed by atoms with Crippen molar-refractivity contribution in [2.75, 3.05) is 0 Å². The highest BCUT2D eigenvalue weighted by atomic mass is 16.5. The number of aryl methyl sites for hydroxylation is 2. The number of rotatable bonds is 5. The van der Waals surface area contributed by atoms with Gasteiger partial charge < -0.3 is 9.84 Å². The second-order valence-corrected chi connectivity index (χ2v) is 4.28. The van der Waals surface area contributed by atoms with E-state index in [-0.39, 0.29) is 0 Å². The molecule has 0 aromatic carbocycles. The summed E-state index contributed by atoms with van der Waals surface area (Å²) in [6.07, 6.45) is 4.03. The third kappa shape index (κ3) is 3.68. The Kier molecular flexibility index (Phi) is 4.14. The third-order valence-electron chi connectivity index (χ3n) is 2.64. The van der Waals surface area contributed by atoms with Gasteiger partial charge in [0.25, 0.3) is 0 Å². The van der Waals surface area contributed by atoms with Crippen molar-refractivity contribution in [3.63, 3.8) is 0 Å². The number of nitrogens with zero attached hydrogens (tertiary/aromatic N) is 3. The van der Waals surface area contributed by atoms with Crippen LogP contribution in [0.1, 0.15) is 17.1 Å². The van der Waals surface area contributed by atoms with E-state index >= 15 is 0 Å². The van der Waals surface area contributed by atoms with Gasteiger partial charge in [-0.15, -0.1) is 0 Å². The Morgan fingerprint density at radius 1 is 1.50 bits per heavy atom. The molecule has 0 atom stereocenters. The summed E-state index contributed by atoms with van der Waals surface area (Å²) in [6.45, 7) is 2.33. The van der Waals surface area contributed by atoms with E-state index in [4.69, 9.17) is 9.84 Å². The maximum atomic E-state index is 10.4. The molecule has 0 aliphatic rings. The second-order valence-electron chi connectivity index (χ2n) is 4.28. The van der Waals surface area contributed by atoms with Crippen LogP contribution in [0.25, 0.3) is 6.08 Å². The fraction of sp³-hybridized carbons (Fsp3) is 0.214. The number of hydrogen-bond acceptors (Lipinski definition) is 4. The minimum Gasteiger partial charge on any atom is -0.486 e. The van der Waals surface area contributed by atoms with Crippen molar-refractivity contribution in [1.29, 1.82) is 0 Å². The molecule has 0 fully saturated rings. The topological polar surface area (TPSA) is 77.2 Å². The summed E-state index contributed by atoms with van der Waals surface area (Å²) < 4.78 is 7.37. The van der Waals surface area contributed by atoms with Crippen molar-refractivity contribution in [2.24, 2.45) is 7.05 Å². The number of carboxylic acid groups (broad SMARTS) is 1. The molecule has 0 unspecified atom stereocenters. The van der Waals surface area contributed by atoms with Crippen LogP contribution >= 0.6 is 0 Å². The van der Waals surface area contributed by atoms with Crippen LogP contribution in [0, 0.1) is 6.92 Å². The minimum absolute atomic E-state index is 0.406. The zero-order valence-corrected chi connectivity index (χ0v) is 11.3. The zero-order valence-electron chi connectivity index (χ0n) is 11.3. The number of pyridine rings is 1. The Hall–Kier alpha value is -2.63. The quantitative estimate of drug-likeness (QED) is 0.840. The molecule has 0 amide bonds. The van der Waals surface area contributed by atoms with Crippen molar-refractivity contribution in [2.45, 2.75) is 13.5 Å². The average molecular weight is 273 g/mol. The average Bonchev–Trinajstić information content (AvgIpc) is 2.73. The number of carbonyl (C=O) groups is 1. The molecule has 20 heavy (non-hydrogen) atoms. The molecular weight excluding hydrogens is 258 g/mol. The van der Waals surface area contributed by atoms with Crippen LogP contribution in [0.4, 0.5) is 0 Å². The number of aliphatic carboxylic acids is 1. The molecule has 0 spiro atoms. The fourth-order valence-electron chi connectivity index (χ4n) is 1.69. The summed E-state index contributed by atoms with van der Waals surface area (Å²) in [7, 11) is 1.86. The molecule has 0 saturated carbocycles. The molecule has 0 aliphatic heterocycles. The van der Waals surface area contributed by atoms with E-state index in [2.05, 4.69) is 10.1 Å². The number of ether oxygens (including phenoxy) is 1. The third-order valence-corrected chi connectivity index (χ3v) is 2.64. The molecule has 1 N–H and O–H groups in total. The summed E-state index contributed by atoms with van der Waals surface area (Å²) in [5.41, 5.74) is 2.48. The lowest BCUT2D eigenvalue weighted by atomic mass is 10.3. The molecule has 2 aromatic heterocycles. The fourth-order valence-corrected chi connectivity index (χ4v) is 1.69. The van der Waals surface area contributed by atoms with E-state index in [1.165, 1.54) is 6.08 Å². The van der Waals surface area contributed by atoms with Crippen LogP contribution in [0.3, 0.4) is 0 Å². The van der Waals surface area contributed by atoms with E-state index in [0.717, 1.165) is 17.5 Å². The van der Waals surface area contributed by atoms with Crippen LogP contribution in [-0.2, 0) is 18.4 Å². The zero-order chi connectivity index (χ0) is 14.5. The van der Waals surface area contributed by atoms with Gasteiger partial charge in [-0.05, 0) is 31.2 Å². The van der Waals surface area contributed by atoms with Gasteiger partial charge in [0.15, 0.2) is 0 Å². The summed E-state index contributed by atoms with van der Waals surface area (Å²) in [5, 5.41) is 12.8. The van der Waals surface area contributed by atoms with E-state index in [9.17, 15) is 4.79 Å². The van der Waals surface area contributed by atoms with E-state index in [0.29, 0.717) is 18.1 Å². The second kappa shape index (κ2) is 6.01. The molecule has 2 aromatic rings. The Balaban J connectivity index is 1.97. The smallest absolute Gasteiger partial charge is 0.328 e. The van der Waals surface area contributed by atoms with Gasteiger partial charge in [-0.25, -0.2) is 4.79 Å². The van der Waals surface area contributed by atoms with Gasteiger partial charge in [-0.3, -0.25) is 9.67 Å². The Morgan fingerprint density at radius 2 is 2.30 bits per heavy atom. The van der Waals surface area contributed by atoms with Crippen LogP contribution in [-0.4, -0.2) is 25.8 Å². The van der Waals surface area contributed by atoms with Crippen molar-refractivity contribution < 1.29 is 14.6 Å². The van der Waals surface area contributed by atoms with Gasteiger partial charge in [0.05, 0.1) is 23.3 Å². The van der Waals surface area contributed by atoms with Gasteiger partial charge in [-0.2, -0.15) is 5.10 Å². The van der Waals surface area contributed by atoms with Gasteiger partial charge in [-0.1, -0.05) is 0 Å². The molecule has 2 rings (SSSR count). The lowest BCUT2D eigenvalue weighted by Crippen LogP contribution is -2.03. The number of carboxylic acids is 1. The molecule has 104 valence electrons. The van der Waals surface area contributed by atoms with Crippen LogP contribution in [0.2, 0.25) is 0 Å². The predicted octanol–water partition coefficient (Wildman–Crippen LogP) is 1.80. The first-order valence-corrected chi connectivity index (χ1v) is 6.04. The largest absolute Gasteiger partial charge is 0.486 e. The molecule has 0 radical (unpaired) electrons. The molecule has 0 saturated heterocycles. The van der Waals surface area contributed by atoms with Crippen molar-refractivity contribution in [3.05, 3.63) is 47.6 Å². The first-order valence-electron chi connectivity index (χ1n) is 6.04. The summed E-state index contributed by atoms with van der Waals surface area (Å²) in [5.74, 6) is -0.380. The summed E-state index contributed by atoms with van der Waals surface area (Å²) >= 11 is 0. The monoisotopic (exact) mass is 273 g/mol. The van der Waals surface area contributed by atoms with Gasteiger partial charge >= 0.3 is 5.97 Å². The first-order chi connectivity index (χ1) is 9.54. The Morgan fingerprint density at radius 3 is 2.85 bits per heavy atom. The van der Waals surface area contributed by atoms with Crippen molar-refractivity contribution in [1.82, 2.24) is 14.8 Å². The first kappa shape index (κ1) is 13.8. The van der Waals surface area contributed by atoms with Crippen molar-refractivity contribution in [3.8, 4) is 5.75 Å². The lowest BCUT2D eigenvalue weighted by Gasteiger charge is -2.06. The molecule has 0 aliphatic carbocycles. The van der Waals surface area contributed by atoms with Crippen LogP contribution < -0.4 is 4.74 Å². The number of aromatic nitrogens is 3. The SMILES string of the molecule is Cc1cc(COc2ccc(C=CC(=O)O)nc2)n(C)n1. The maximum absolute atomic E-state index is 10.4. The molecule has 2 heterocycles. The van der Waals surface area contributed by atoms with E-state index < -0.39 is 5.97 Å². The normalized spacial score (nSPS) is 10.9. The summed E-state index contributed by atoms with van der Waals surface area (Å²) in [6, 6.07) is 5.40. The van der Waals surface area contributed by atoms with Gasteiger partial charge in [0.2, 0.25) is 0 Å². The molecule has 6 heteroatoms. The summed E-state index contributed by atoms with van der Waals surface area (Å²) in [4.78, 5) is 14.5. The molecule has 0 bridgehead atoms. The van der Waals surface area contributed by atoms with Gasteiger partial charge in [0.1, 0.15) is 12.4 Å². The highest BCUT2D eigenvalue weighted by Gasteiger charge is 2.03. The van der Waals surface area contributed by atoms with E-state index in [1.54, 1.807) is 23.0 Å². The Labute approximate surface area is 116 Å². The Bertz CT molecular complexity index is 630.